The molecule has 0 fully saturated rings. The lowest BCUT2D eigenvalue weighted by Gasteiger charge is -2.03. The number of carbonyl (C=O) groups is 1. The normalized spacial score (nSPS) is 11.1. The summed E-state index contributed by atoms with van der Waals surface area (Å²) in [6, 6.07) is 22.7. The van der Waals surface area contributed by atoms with Crippen LogP contribution in [-0.2, 0) is 0 Å². The van der Waals surface area contributed by atoms with E-state index in [1.807, 2.05) is 36.5 Å². The van der Waals surface area contributed by atoms with Gasteiger partial charge in [0, 0.05) is 24.1 Å². The molecule has 4 aromatic rings. The van der Waals surface area contributed by atoms with Gasteiger partial charge in [-0.2, -0.15) is 0 Å². The molecule has 0 bridgehead atoms. The van der Waals surface area contributed by atoms with Crippen molar-refractivity contribution in [3.05, 3.63) is 72.9 Å². The largest absolute Gasteiger partial charge is 0.287 e. The number of hydrogen-bond acceptors (Lipinski definition) is 1. The maximum Gasteiger partial charge on any atom is 0.227 e. The van der Waals surface area contributed by atoms with Crippen LogP contribution in [0.2, 0.25) is 0 Å². The molecule has 0 unspecified atom stereocenters. The molecule has 0 aliphatic rings. The van der Waals surface area contributed by atoms with Crippen LogP contribution in [0.3, 0.4) is 0 Å². The van der Waals surface area contributed by atoms with Gasteiger partial charge in [-0.1, -0.05) is 54.6 Å². The Morgan fingerprint density at radius 3 is 2.18 bits per heavy atom. The lowest BCUT2D eigenvalue weighted by molar-refractivity contribution is 0.0942. The molecule has 0 saturated carbocycles. The van der Waals surface area contributed by atoms with Gasteiger partial charge in [0.25, 0.3) is 0 Å². The first-order valence-electron chi connectivity index (χ1n) is 7.34. The Hall–Kier alpha value is -2.87. The monoisotopic (exact) mass is 285 g/mol. The molecule has 1 heterocycles. The van der Waals surface area contributed by atoms with E-state index in [-0.39, 0.29) is 5.91 Å². The summed E-state index contributed by atoms with van der Waals surface area (Å²) >= 11 is 0. The van der Waals surface area contributed by atoms with Gasteiger partial charge >= 0.3 is 0 Å². The average molecular weight is 285 g/mol. The van der Waals surface area contributed by atoms with Gasteiger partial charge in [0.1, 0.15) is 0 Å². The Morgan fingerprint density at radius 1 is 0.864 bits per heavy atom. The molecule has 106 valence electrons. The first-order valence-corrected chi connectivity index (χ1v) is 7.34. The predicted molar refractivity (Wildman–Crippen MR) is 91.2 cm³/mol. The molecule has 0 atom stereocenters. The molecule has 0 aliphatic heterocycles. The highest BCUT2D eigenvalue weighted by atomic mass is 16.1. The maximum absolute atomic E-state index is 12.0. The molecule has 1 aromatic heterocycles. The standard InChI is InChI=1S/C20H15NO/c1-14(22)21-13-19(15-7-3-2-4-8-15)18-11-16-9-5-6-10-17(16)12-20(18)21/h2-13H,1H3. The van der Waals surface area contributed by atoms with Crippen LogP contribution in [0.25, 0.3) is 32.8 Å². The minimum Gasteiger partial charge on any atom is -0.287 e. The van der Waals surface area contributed by atoms with Crippen molar-refractivity contribution >= 4 is 27.6 Å². The molecule has 0 spiro atoms. The highest BCUT2D eigenvalue weighted by Crippen LogP contribution is 2.33. The third-order valence-electron chi connectivity index (χ3n) is 4.10. The third-order valence-corrected chi connectivity index (χ3v) is 4.10. The average Bonchev–Trinajstić information content (AvgIpc) is 2.92. The number of aromatic nitrogens is 1. The van der Waals surface area contributed by atoms with Crippen molar-refractivity contribution in [1.82, 2.24) is 4.57 Å². The number of fused-ring (bicyclic) bond motifs is 2. The van der Waals surface area contributed by atoms with E-state index in [2.05, 4.69) is 36.4 Å². The third kappa shape index (κ3) is 1.92. The second-order valence-electron chi connectivity index (χ2n) is 5.51. The fourth-order valence-corrected chi connectivity index (χ4v) is 3.02. The Bertz CT molecular complexity index is 996. The predicted octanol–water partition coefficient (Wildman–Crippen LogP) is 5.12. The zero-order chi connectivity index (χ0) is 15.1. The highest BCUT2D eigenvalue weighted by molar-refractivity contribution is 6.07. The minimum atomic E-state index is 0.0301. The molecule has 4 rings (SSSR count). The van der Waals surface area contributed by atoms with Crippen LogP contribution in [-0.4, -0.2) is 10.5 Å². The smallest absolute Gasteiger partial charge is 0.227 e. The van der Waals surface area contributed by atoms with E-state index >= 15 is 0 Å². The van der Waals surface area contributed by atoms with Gasteiger partial charge in [0.15, 0.2) is 0 Å². The SMILES string of the molecule is CC(=O)n1cc(-c2ccccc2)c2cc3ccccc3cc21. The first kappa shape index (κ1) is 12.8. The van der Waals surface area contributed by atoms with Gasteiger partial charge in [-0.3, -0.25) is 9.36 Å². The van der Waals surface area contributed by atoms with Crippen LogP contribution < -0.4 is 0 Å². The number of nitrogens with zero attached hydrogens (tertiary/aromatic N) is 1. The highest BCUT2D eigenvalue weighted by Gasteiger charge is 2.13. The first-order chi connectivity index (χ1) is 10.7. The molecule has 3 aromatic carbocycles. The van der Waals surface area contributed by atoms with E-state index in [4.69, 9.17) is 0 Å². The molecule has 0 amide bonds. The quantitative estimate of drug-likeness (QED) is 0.475. The van der Waals surface area contributed by atoms with Crippen molar-refractivity contribution in [2.75, 3.05) is 0 Å². The van der Waals surface area contributed by atoms with Crippen LogP contribution in [0.15, 0.2) is 72.9 Å². The summed E-state index contributed by atoms with van der Waals surface area (Å²) < 4.78 is 1.74. The molecule has 0 saturated heterocycles. The number of benzene rings is 3. The fraction of sp³-hybridized carbons (Fsp3) is 0.0500. The maximum atomic E-state index is 12.0. The Kier molecular flexibility index (Phi) is 2.83. The van der Waals surface area contributed by atoms with Gasteiger partial charge < -0.3 is 0 Å². The van der Waals surface area contributed by atoms with Crippen molar-refractivity contribution in [2.24, 2.45) is 0 Å². The molecular weight excluding hydrogens is 270 g/mol. The van der Waals surface area contributed by atoms with Crippen LogP contribution in [0.1, 0.15) is 11.7 Å². The molecular formula is C20H15NO. The number of rotatable bonds is 1. The fourth-order valence-electron chi connectivity index (χ4n) is 3.02. The lowest BCUT2D eigenvalue weighted by atomic mass is 10.0. The van der Waals surface area contributed by atoms with Gasteiger partial charge in [-0.05, 0) is 28.5 Å². The van der Waals surface area contributed by atoms with Gasteiger partial charge in [0.2, 0.25) is 5.91 Å². The van der Waals surface area contributed by atoms with Crippen molar-refractivity contribution in [1.29, 1.82) is 0 Å². The summed E-state index contributed by atoms with van der Waals surface area (Å²) in [6.45, 7) is 1.60. The topological polar surface area (TPSA) is 22.0 Å². The Morgan fingerprint density at radius 2 is 1.50 bits per heavy atom. The lowest BCUT2D eigenvalue weighted by Crippen LogP contribution is -2.02. The van der Waals surface area contributed by atoms with E-state index in [9.17, 15) is 4.79 Å². The molecule has 2 nitrogen and oxygen atoms in total. The van der Waals surface area contributed by atoms with Crippen molar-refractivity contribution in [2.45, 2.75) is 6.92 Å². The summed E-state index contributed by atoms with van der Waals surface area (Å²) in [5.74, 6) is 0.0301. The molecule has 0 aliphatic carbocycles. The van der Waals surface area contributed by atoms with Crippen LogP contribution in [0, 0.1) is 0 Å². The van der Waals surface area contributed by atoms with Crippen LogP contribution in [0.4, 0.5) is 0 Å². The Balaban J connectivity index is 2.13. The number of carbonyl (C=O) groups excluding carboxylic acids is 1. The summed E-state index contributed by atoms with van der Waals surface area (Å²) in [5.41, 5.74) is 3.18. The van der Waals surface area contributed by atoms with Gasteiger partial charge in [0.05, 0.1) is 5.52 Å². The minimum absolute atomic E-state index is 0.0301. The molecule has 2 heteroatoms. The second-order valence-corrected chi connectivity index (χ2v) is 5.51. The summed E-state index contributed by atoms with van der Waals surface area (Å²) in [4.78, 5) is 12.0. The van der Waals surface area contributed by atoms with Crippen LogP contribution >= 0.6 is 0 Å². The number of hydrogen-bond donors (Lipinski definition) is 0. The van der Waals surface area contributed by atoms with Crippen molar-refractivity contribution in [3.63, 3.8) is 0 Å². The van der Waals surface area contributed by atoms with E-state index in [0.717, 1.165) is 27.4 Å². The van der Waals surface area contributed by atoms with Gasteiger partial charge in [-0.15, -0.1) is 0 Å². The van der Waals surface area contributed by atoms with Crippen molar-refractivity contribution in [3.8, 4) is 11.1 Å². The molecule has 22 heavy (non-hydrogen) atoms. The second kappa shape index (κ2) is 4.85. The van der Waals surface area contributed by atoms with E-state index in [1.54, 1.807) is 11.5 Å². The summed E-state index contributed by atoms with van der Waals surface area (Å²) in [6.07, 6.45) is 1.95. The Labute approximate surface area is 128 Å². The van der Waals surface area contributed by atoms with E-state index in [1.165, 1.54) is 5.39 Å². The summed E-state index contributed by atoms with van der Waals surface area (Å²) in [5, 5.41) is 3.45. The zero-order valence-corrected chi connectivity index (χ0v) is 12.3. The molecule has 0 N–H and O–H groups in total. The van der Waals surface area contributed by atoms with Crippen molar-refractivity contribution < 1.29 is 4.79 Å². The van der Waals surface area contributed by atoms with Gasteiger partial charge in [-0.25, -0.2) is 0 Å². The molecule has 0 radical (unpaired) electrons. The summed E-state index contributed by atoms with van der Waals surface area (Å²) in [7, 11) is 0. The van der Waals surface area contributed by atoms with E-state index in [0.29, 0.717) is 0 Å². The van der Waals surface area contributed by atoms with Crippen LogP contribution in [0.5, 0.6) is 0 Å². The van der Waals surface area contributed by atoms with E-state index < -0.39 is 0 Å². The zero-order valence-electron chi connectivity index (χ0n) is 12.3.